The molecule has 12 heavy (non-hydrogen) atoms. The third-order valence-corrected chi connectivity index (χ3v) is 1.40. The van der Waals surface area contributed by atoms with E-state index in [1.807, 2.05) is 0 Å². The molecule has 0 aliphatic heterocycles. The molecule has 0 radical (unpaired) electrons. The van der Waals surface area contributed by atoms with E-state index in [9.17, 15) is 13.2 Å². The van der Waals surface area contributed by atoms with Crippen LogP contribution in [0, 0.1) is 0 Å². The number of halogens is 3. The van der Waals surface area contributed by atoms with Crippen molar-refractivity contribution in [2.45, 2.75) is 13.1 Å². The first-order valence-electron chi connectivity index (χ1n) is 3.24. The van der Waals surface area contributed by atoms with Gasteiger partial charge in [-0.05, 0) is 6.07 Å². The average molecular weight is 176 g/mol. The maximum absolute atomic E-state index is 12.0. The number of aromatic nitrogens is 1. The minimum Gasteiger partial charge on any atom is -0.383 e. The second kappa shape index (κ2) is 3.42. The summed E-state index contributed by atoms with van der Waals surface area (Å²) in [4.78, 5) is 3.33. The van der Waals surface area contributed by atoms with Gasteiger partial charge in [-0.3, -0.25) is 0 Å². The molecule has 0 aliphatic carbocycles. The normalized spacial score (nSPS) is 10.7. The third kappa shape index (κ3) is 1.66. The summed E-state index contributed by atoms with van der Waals surface area (Å²) in [6, 6.07) is 2.28. The zero-order valence-corrected chi connectivity index (χ0v) is 6.10. The van der Waals surface area contributed by atoms with E-state index in [1.165, 1.54) is 6.07 Å². The molecule has 2 nitrogen and oxygen atoms in total. The van der Waals surface area contributed by atoms with Gasteiger partial charge < -0.3 is 5.73 Å². The highest BCUT2D eigenvalue weighted by molar-refractivity contribution is 5.39. The highest BCUT2D eigenvalue weighted by Gasteiger charge is 2.10. The van der Waals surface area contributed by atoms with E-state index in [0.717, 1.165) is 6.07 Å². The summed E-state index contributed by atoms with van der Waals surface area (Å²) >= 11 is 0. The molecule has 0 bridgehead atoms. The number of rotatable bonds is 2. The van der Waals surface area contributed by atoms with E-state index in [4.69, 9.17) is 5.73 Å². The second-order valence-corrected chi connectivity index (χ2v) is 2.21. The average Bonchev–Trinajstić information content (AvgIpc) is 2.04. The Bertz CT molecular complexity index is 275. The van der Waals surface area contributed by atoms with Crippen molar-refractivity contribution in [3.8, 4) is 0 Å². The molecule has 0 aliphatic rings. The number of nitrogens with zero attached hydrogens (tertiary/aromatic N) is 1. The summed E-state index contributed by atoms with van der Waals surface area (Å²) in [6.07, 6.45) is -2.67. The van der Waals surface area contributed by atoms with Crippen LogP contribution in [0.1, 0.15) is 17.7 Å². The van der Waals surface area contributed by atoms with Crippen molar-refractivity contribution in [3.05, 3.63) is 23.4 Å². The molecule has 0 atom stereocenters. The number of anilines is 1. The van der Waals surface area contributed by atoms with Crippen LogP contribution in [0.15, 0.2) is 12.1 Å². The van der Waals surface area contributed by atoms with Gasteiger partial charge in [0.25, 0.3) is 6.43 Å². The van der Waals surface area contributed by atoms with Crippen LogP contribution in [-0.4, -0.2) is 4.98 Å². The van der Waals surface area contributed by atoms with Crippen molar-refractivity contribution >= 4 is 5.82 Å². The molecule has 1 heterocycles. The van der Waals surface area contributed by atoms with Crippen molar-refractivity contribution in [3.63, 3.8) is 0 Å². The number of nitrogen functional groups attached to an aromatic ring is 1. The topological polar surface area (TPSA) is 38.9 Å². The number of hydrogen-bond acceptors (Lipinski definition) is 2. The van der Waals surface area contributed by atoms with Gasteiger partial charge >= 0.3 is 0 Å². The molecule has 0 saturated heterocycles. The molecule has 1 aromatic rings. The van der Waals surface area contributed by atoms with Crippen molar-refractivity contribution in [2.24, 2.45) is 0 Å². The minimum atomic E-state index is -2.67. The van der Waals surface area contributed by atoms with Gasteiger partial charge in [-0.25, -0.2) is 18.2 Å². The lowest BCUT2D eigenvalue weighted by atomic mass is 10.2. The Morgan fingerprint density at radius 2 is 2.08 bits per heavy atom. The first kappa shape index (κ1) is 8.83. The largest absolute Gasteiger partial charge is 0.383 e. The van der Waals surface area contributed by atoms with Gasteiger partial charge in [0.1, 0.15) is 18.2 Å². The zero-order valence-electron chi connectivity index (χ0n) is 6.10. The smallest absolute Gasteiger partial charge is 0.280 e. The molecule has 0 unspecified atom stereocenters. The van der Waals surface area contributed by atoms with Crippen LogP contribution in [0.5, 0.6) is 0 Å². The summed E-state index contributed by atoms with van der Waals surface area (Å²) in [7, 11) is 0. The van der Waals surface area contributed by atoms with Gasteiger partial charge in [-0.1, -0.05) is 6.07 Å². The van der Waals surface area contributed by atoms with E-state index in [0.29, 0.717) is 0 Å². The van der Waals surface area contributed by atoms with Crippen LogP contribution in [0.4, 0.5) is 19.0 Å². The fourth-order valence-corrected chi connectivity index (χ4v) is 0.754. The summed E-state index contributed by atoms with van der Waals surface area (Å²) in [5.41, 5.74) is 4.90. The summed E-state index contributed by atoms with van der Waals surface area (Å²) < 4.78 is 36.0. The molecule has 66 valence electrons. The predicted molar refractivity (Wildman–Crippen MR) is 38.4 cm³/mol. The molecule has 0 spiro atoms. The molecular weight excluding hydrogens is 169 g/mol. The van der Waals surface area contributed by atoms with Crippen LogP contribution in [0.25, 0.3) is 0 Å². The van der Waals surface area contributed by atoms with Gasteiger partial charge in [0.15, 0.2) is 0 Å². The molecule has 0 amide bonds. The maximum Gasteiger partial charge on any atom is 0.280 e. The SMILES string of the molecule is Nc1nc(C(F)F)ccc1CF. The Kier molecular flexibility index (Phi) is 2.52. The Hall–Kier alpha value is -1.26. The summed E-state index contributed by atoms with van der Waals surface area (Å²) in [5.74, 6) is -0.171. The highest BCUT2D eigenvalue weighted by atomic mass is 19.3. The van der Waals surface area contributed by atoms with Gasteiger partial charge in [-0.2, -0.15) is 0 Å². The Morgan fingerprint density at radius 3 is 2.50 bits per heavy atom. The van der Waals surface area contributed by atoms with Crippen molar-refractivity contribution < 1.29 is 13.2 Å². The maximum atomic E-state index is 12.0. The number of alkyl halides is 3. The molecule has 1 aromatic heterocycles. The minimum absolute atomic E-state index is 0.138. The quantitative estimate of drug-likeness (QED) is 0.749. The van der Waals surface area contributed by atoms with Crippen LogP contribution < -0.4 is 5.73 Å². The Balaban J connectivity index is 3.02. The van der Waals surface area contributed by atoms with Gasteiger partial charge in [-0.15, -0.1) is 0 Å². The van der Waals surface area contributed by atoms with Crippen LogP contribution >= 0.6 is 0 Å². The summed E-state index contributed by atoms with van der Waals surface area (Å²) in [5, 5.41) is 0. The highest BCUT2D eigenvalue weighted by Crippen LogP contribution is 2.19. The monoisotopic (exact) mass is 176 g/mol. The molecule has 1 rings (SSSR count). The van der Waals surface area contributed by atoms with Gasteiger partial charge in [0, 0.05) is 5.56 Å². The van der Waals surface area contributed by atoms with Crippen LogP contribution in [-0.2, 0) is 6.67 Å². The lowest BCUT2D eigenvalue weighted by Crippen LogP contribution is -1.99. The van der Waals surface area contributed by atoms with Crippen molar-refractivity contribution in [2.75, 3.05) is 5.73 Å². The number of nitrogens with two attached hydrogens (primary N) is 1. The lowest BCUT2D eigenvalue weighted by molar-refractivity contribution is 0.146. The first-order valence-corrected chi connectivity index (χ1v) is 3.24. The third-order valence-electron chi connectivity index (χ3n) is 1.40. The van der Waals surface area contributed by atoms with Gasteiger partial charge in [0.2, 0.25) is 0 Å². The van der Waals surface area contributed by atoms with E-state index in [2.05, 4.69) is 4.98 Å². The molecule has 0 saturated carbocycles. The van der Waals surface area contributed by atoms with Crippen molar-refractivity contribution in [1.82, 2.24) is 4.98 Å². The fourth-order valence-electron chi connectivity index (χ4n) is 0.754. The fraction of sp³-hybridized carbons (Fsp3) is 0.286. The zero-order chi connectivity index (χ0) is 9.14. The van der Waals surface area contributed by atoms with E-state index in [1.54, 1.807) is 0 Å². The molecule has 5 heteroatoms. The molecule has 0 aromatic carbocycles. The Morgan fingerprint density at radius 1 is 1.42 bits per heavy atom. The lowest BCUT2D eigenvalue weighted by Gasteiger charge is -2.02. The van der Waals surface area contributed by atoms with Crippen molar-refractivity contribution in [1.29, 1.82) is 0 Å². The predicted octanol–water partition coefficient (Wildman–Crippen LogP) is 2.07. The van der Waals surface area contributed by atoms with E-state index >= 15 is 0 Å². The number of pyridine rings is 1. The van der Waals surface area contributed by atoms with E-state index in [-0.39, 0.29) is 11.4 Å². The molecular formula is C7H7F3N2. The summed E-state index contributed by atoms with van der Waals surface area (Å²) in [6.45, 7) is -0.789. The number of hydrogen-bond donors (Lipinski definition) is 1. The second-order valence-electron chi connectivity index (χ2n) is 2.21. The van der Waals surface area contributed by atoms with Gasteiger partial charge in [0.05, 0.1) is 0 Å². The Labute approximate surface area is 67.2 Å². The molecule has 0 fully saturated rings. The van der Waals surface area contributed by atoms with Crippen LogP contribution in [0.2, 0.25) is 0 Å². The molecule has 2 N–H and O–H groups in total. The van der Waals surface area contributed by atoms with E-state index < -0.39 is 18.8 Å². The standard InChI is InChI=1S/C7H7F3N2/c8-3-4-1-2-5(6(9)10)12-7(4)11/h1-2,6H,3H2,(H2,11,12). The first-order chi connectivity index (χ1) is 5.65. The van der Waals surface area contributed by atoms with Crippen LogP contribution in [0.3, 0.4) is 0 Å².